The van der Waals surface area contributed by atoms with Crippen molar-refractivity contribution < 1.29 is 0 Å². The number of nitrogens with zero attached hydrogens (tertiary/aromatic N) is 1. The third kappa shape index (κ3) is 3.82. The molecule has 0 fully saturated rings. The van der Waals surface area contributed by atoms with Crippen LogP contribution < -0.4 is 4.90 Å². The van der Waals surface area contributed by atoms with Crippen molar-refractivity contribution in [2.75, 3.05) is 11.9 Å². The summed E-state index contributed by atoms with van der Waals surface area (Å²) in [7, 11) is 2.02. The maximum Gasteiger partial charge on any atom is 0.0405 e. The van der Waals surface area contributed by atoms with Gasteiger partial charge < -0.3 is 4.90 Å². The standard InChI is InChI=1S/C15H19NS/c1-5-15(17)11-12(2)13(3)16(4)14-9-7-6-8-10-14/h5-12,17H,1,3H2,2,4H3/b15-11+. The third-order valence-electron chi connectivity index (χ3n) is 2.73. The molecule has 0 heterocycles. The minimum atomic E-state index is 0.228. The van der Waals surface area contributed by atoms with E-state index in [-0.39, 0.29) is 5.92 Å². The Bertz CT molecular complexity index is 420. The van der Waals surface area contributed by atoms with Crippen LogP contribution in [0.25, 0.3) is 0 Å². The quantitative estimate of drug-likeness (QED) is 0.599. The van der Waals surface area contributed by atoms with Gasteiger partial charge in [-0.25, -0.2) is 0 Å². The number of para-hydroxylation sites is 1. The molecule has 0 saturated heterocycles. The molecular formula is C15H19NS. The molecule has 1 nitrogen and oxygen atoms in total. The minimum absolute atomic E-state index is 0.228. The lowest BCUT2D eigenvalue weighted by Crippen LogP contribution is -2.19. The molecule has 0 amide bonds. The van der Waals surface area contributed by atoms with Crippen molar-refractivity contribution in [1.82, 2.24) is 0 Å². The minimum Gasteiger partial charge on any atom is -0.348 e. The number of benzene rings is 1. The summed E-state index contributed by atoms with van der Waals surface area (Å²) in [5.41, 5.74) is 2.17. The van der Waals surface area contributed by atoms with Crippen LogP contribution in [0.2, 0.25) is 0 Å². The summed E-state index contributed by atoms with van der Waals surface area (Å²) in [4.78, 5) is 2.96. The normalized spacial score (nSPS) is 13.0. The first-order valence-corrected chi connectivity index (χ1v) is 6.01. The fourth-order valence-electron chi connectivity index (χ4n) is 1.54. The summed E-state index contributed by atoms with van der Waals surface area (Å²) >= 11 is 4.30. The van der Waals surface area contributed by atoms with Crippen molar-refractivity contribution in [1.29, 1.82) is 0 Å². The maximum atomic E-state index is 4.30. The van der Waals surface area contributed by atoms with E-state index in [9.17, 15) is 0 Å². The molecule has 0 N–H and O–H groups in total. The molecule has 0 saturated carbocycles. The second kappa shape index (κ2) is 6.36. The van der Waals surface area contributed by atoms with Crippen molar-refractivity contribution in [3.63, 3.8) is 0 Å². The molecule has 0 aliphatic rings. The van der Waals surface area contributed by atoms with Crippen LogP contribution in [0.5, 0.6) is 0 Å². The average Bonchev–Trinajstić information content (AvgIpc) is 2.37. The summed E-state index contributed by atoms with van der Waals surface area (Å²) < 4.78 is 0. The summed E-state index contributed by atoms with van der Waals surface area (Å²) in [6, 6.07) is 10.2. The highest BCUT2D eigenvalue weighted by atomic mass is 32.1. The average molecular weight is 245 g/mol. The molecule has 1 unspecified atom stereocenters. The number of allylic oxidation sites excluding steroid dienone is 2. The number of thiol groups is 1. The largest absolute Gasteiger partial charge is 0.348 e. The second-order valence-electron chi connectivity index (χ2n) is 3.97. The maximum absolute atomic E-state index is 4.30. The molecular weight excluding hydrogens is 226 g/mol. The molecule has 1 atom stereocenters. The Balaban J connectivity index is 2.80. The topological polar surface area (TPSA) is 3.24 Å². The van der Waals surface area contributed by atoms with Gasteiger partial charge in [-0.2, -0.15) is 0 Å². The van der Waals surface area contributed by atoms with Crippen LogP contribution in [0, 0.1) is 5.92 Å². The monoisotopic (exact) mass is 245 g/mol. The van der Waals surface area contributed by atoms with Gasteiger partial charge in [-0.3, -0.25) is 0 Å². The summed E-state index contributed by atoms with van der Waals surface area (Å²) in [5.74, 6) is 0.228. The van der Waals surface area contributed by atoms with Crippen LogP contribution in [-0.4, -0.2) is 7.05 Å². The second-order valence-corrected chi connectivity index (χ2v) is 4.49. The van der Waals surface area contributed by atoms with Gasteiger partial charge in [0.15, 0.2) is 0 Å². The molecule has 1 aromatic carbocycles. The Kier molecular flexibility index (Phi) is 5.11. The van der Waals surface area contributed by atoms with Crippen molar-refractivity contribution in [3.05, 3.63) is 66.2 Å². The Labute approximate surface area is 110 Å². The highest BCUT2D eigenvalue weighted by Gasteiger charge is 2.10. The SMILES string of the molecule is C=C/C(S)=C\C(C)C(=C)N(C)c1ccccc1. The first kappa shape index (κ1) is 13.7. The van der Waals surface area contributed by atoms with Crippen LogP contribution in [0.15, 0.2) is 66.2 Å². The number of anilines is 1. The van der Waals surface area contributed by atoms with E-state index in [0.717, 1.165) is 16.3 Å². The molecule has 90 valence electrons. The highest BCUT2D eigenvalue weighted by Crippen LogP contribution is 2.22. The molecule has 0 aliphatic heterocycles. The molecule has 0 aliphatic carbocycles. The summed E-state index contributed by atoms with van der Waals surface area (Å²) in [6.07, 6.45) is 3.77. The Hall–Kier alpha value is -1.41. The molecule has 0 spiro atoms. The predicted molar refractivity (Wildman–Crippen MR) is 80.4 cm³/mol. The van der Waals surface area contributed by atoms with E-state index >= 15 is 0 Å². The highest BCUT2D eigenvalue weighted by molar-refractivity contribution is 7.84. The smallest absolute Gasteiger partial charge is 0.0405 e. The van der Waals surface area contributed by atoms with E-state index in [1.165, 1.54) is 0 Å². The van der Waals surface area contributed by atoms with E-state index in [1.807, 2.05) is 31.3 Å². The van der Waals surface area contributed by atoms with Crippen molar-refractivity contribution in [2.24, 2.45) is 5.92 Å². The van der Waals surface area contributed by atoms with Gasteiger partial charge in [0.1, 0.15) is 0 Å². The van der Waals surface area contributed by atoms with Gasteiger partial charge in [-0.05, 0) is 12.1 Å². The molecule has 0 bridgehead atoms. The van der Waals surface area contributed by atoms with Crippen LogP contribution >= 0.6 is 12.6 Å². The van der Waals surface area contributed by atoms with Gasteiger partial charge in [0.25, 0.3) is 0 Å². The summed E-state index contributed by atoms with van der Waals surface area (Å²) in [6.45, 7) is 9.92. The molecule has 2 heteroatoms. The molecule has 1 aromatic rings. The Morgan fingerprint density at radius 3 is 2.47 bits per heavy atom. The van der Waals surface area contributed by atoms with Crippen molar-refractivity contribution in [2.45, 2.75) is 6.92 Å². The van der Waals surface area contributed by atoms with Crippen molar-refractivity contribution in [3.8, 4) is 0 Å². The first-order valence-electron chi connectivity index (χ1n) is 5.57. The molecule has 0 radical (unpaired) electrons. The van der Waals surface area contributed by atoms with Crippen LogP contribution in [0.3, 0.4) is 0 Å². The molecule has 0 aromatic heterocycles. The Morgan fingerprint density at radius 1 is 1.35 bits per heavy atom. The van der Waals surface area contributed by atoms with Gasteiger partial charge in [0.05, 0.1) is 0 Å². The van der Waals surface area contributed by atoms with Gasteiger partial charge in [0.2, 0.25) is 0 Å². The lowest BCUT2D eigenvalue weighted by molar-refractivity contribution is 0.816. The number of hydrogen-bond donors (Lipinski definition) is 1. The zero-order valence-electron chi connectivity index (χ0n) is 10.4. The lowest BCUT2D eigenvalue weighted by atomic mass is 10.1. The summed E-state index contributed by atoms with van der Waals surface area (Å²) in [5, 5.41) is 0. The van der Waals surface area contributed by atoms with E-state index < -0.39 is 0 Å². The third-order valence-corrected chi connectivity index (χ3v) is 3.06. The Morgan fingerprint density at radius 2 is 1.94 bits per heavy atom. The fourth-order valence-corrected chi connectivity index (χ4v) is 1.77. The van der Waals surface area contributed by atoms with Crippen LogP contribution in [0.1, 0.15) is 6.92 Å². The van der Waals surface area contributed by atoms with E-state index in [2.05, 4.69) is 49.7 Å². The van der Waals surface area contributed by atoms with E-state index in [0.29, 0.717) is 0 Å². The zero-order chi connectivity index (χ0) is 12.8. The predicted octanol–water partition coefficient (Wildman–Crippen LogP) is 4.27. The van der Waals surface area contributed by atoms with Gasteiger partial charge in [-0.15, -0.1) is 12.6 Å². The first-order chi connectivity index (χ1) is 8.06. The fraction of sp³-hybridized carbons (Fsp3) is 0.200. The van der Waals surface area contributed by atoms with Gasteiger partial charge in [-0.1, -0.05) is 50.4 Å². The van der Waals surface area contributed by atoms with Gasteiger partial charge in [0, 0.05) is 29.3 Å². The number of hydrogen-bond acceptors (Lipinski definition) is 2. The van der Waals surface area contributed by atoms with Crippen LogP contribution in [0.4, 0.5) is 5.69 Å². The van der Waals surface area contributed by atoms with Crippen LogP contribution in [-0.2, 0) is 0 Å². The lowest BCUT2D eigenvalue weighted by Gasteiger charge is -2.25. The van der Waals surface area contributed by atoms with Crippen molar-refractivity contribution >= 4 is 18.3 Å². The van der Waals surface area contributed by atoms with E-state index in [1.54, 1.807) is 6.08 Å². The molecule has 17 heavy (non-hydrogen) atoms. The zero-order valence-corrected chi connectivity index (χ0v) is 11.3. The number of rotatable bonds is 5. The van der Waals surface area contributed by atoms with E-state index in [4.69, 9.17) is 0 Å². The van der Waals surface area contributed by atoms with Gasteiger partial charge >= 0.3 is 0 Å². The molecule has 1 rings (SSSR count).